The minimum atomic E-state index is -4.34. The molecule has 4 nitrogen and oxygen atoms in total. The van der Waals surface area contributed by atoms with Gasteiger partial charge in [0.05, 0.1) is 11.6 Å². The van der Waals surface area contributed by atoms with Crippen LogP contribution >= 0.6 is 11.3 Å². The van der Waals surface area contributed by atoms with Crippen molar-refractivity contribution in [1.29, 1.82) is 0 Å². The molecule has 0 aliphatic rings. The number of alkyl halides is 3. The lowest BCUT2D eigenvalue weighted by Gasteiger charge is -2.08. The summed E-state index contributed by atoms with van der Waals surface area (Å²) < 4.78 is 40.8. The summed E-state index contributed by atoms with van der Waals surface area (Å²) in [4.78, 5) is 15.2. The molecule has 0 radical (unpaired) electrons. The van der Waals surface area contributed by atoms with Crippen LogP contribution in [-0.2, 0) is 4.74 Å². The molecule has 1 aromatic heterocycles. The first-order valence-corrected chi connectivity index (χ1v) is 5.60. The predicted octanol–water partition coefficient (Wildman–Crippen LogP) is 2.60. The maximum atomic E-state index is 12.0. The van der Waals surface area contributed by atoms with E-state index >= 15 is 0 Å². The fourth-order valence-electron chi connectivity index (χ4n) is 1.07. The van der Waals surface area contributed by atoms with Crippen molar-refractivity contribution in [2.45, 2.75) is 20.0 Å². The van der Waals surface area contributed by atoms with Crippen molar-refractivity contribution in [3.05, 3.63) is 10.7 Å². The second-order valence-electron chi connectivity index (χ2n) is 3.10. The van der Waals surface area contributed by atoms with E-state index in [9.17, 15) is 18.0 Å². The molecule has 0 aromatic carbocycles. The Hall–Kier alpha value is -1.31. The monoisotopic (exact) mass is 268 g/mol. The van der Waals surface area contributed by atoms with Gasteiger partial charge in [-0.3, -0.25) is 0 Å². The van der Waals surface area contributed by atoms with Crippen LogP contribution in [0.25, 0.3) is 0 Å². The molecule has 0 saturated heterocycles. The van der Waals surface area contributed by atoms with E-state index in [0.717, 1.165) is 11.3 Å². The molecule has 1 heterocycles. The maximum Gasteiger partial charge on any atom is 0.405 e. The van der Waals surface area contributed by atoms with Crippen molar-refractivity contribution in [3.8, 4) is 0 Å². The Bertz CT molecular complexity index is 403. The summed E-state index contributed by atoms with van der Waals surface area (Å²) in [6.45, 7) is 2.15. The number of thiazole rings is 1. The van der Waals surface area contributed by atoms with Crippen molar-refractivity contribution in [1.82, 2.24) is 4.98 Å². The van der Waals surface area contributed by atoms with Gasteiger partial charge in [-0.1, -0.05) is 0 Å². The standard InChI is InChI=1S/C9H11F3N2O2S/c1-3-16-8(15)6-7(17-5(2)14-6)13-4-9(10,11)12/h13H,3-4H2,1-2H3. The van der Waals surface area contributed by atoms with Crippen molar-refractivity contribution in [2.75, 3.05) is 18.5 Å². The number of anilines is 1. The van der Waals surface area contributed by atoms with Gasteiger partial charge in [-0.2, -0.15) is 13.2 Å². The average Bonchev–Trinajstić information content (AvgIpc) is 2.56. The highest BCUT2D eigenvalue weighted by Gasteiger charge is 2.28. The van der Waals surface area contributed by atoms with Crippen LogP contribution in [0.3, 0.4) is 0 Å². The highest BCUT2D eigenvalue weighted by molar-refractivity contribution is 7.16. The first-order chi connectivity index (χ1) is 7.83. The zero-order valence-electron chi connectivity index (χ0n) is 9.22. The predicted molar refractivity (Wildman–Crippen MR) is 57.4 cm³/mol. The molecule has 0 aliphatic carbocycles. The molecule has 0 aliphatic heterocycles. The average molecular weight is 268 g/mol. The Labute approximate surface area is 99.8 Å². The molecule has 1 rings (SSSR count). The van der Waals surface area contributed by atoms with Gasteiger partial charge in [0.25, 0.3) is 0 Å². The number of hydrogen-bond donors (Lipinski definition) is 1. The van der Waals surface area contributed by atoms with Gasteiger partial charge in [0.1, 0.15) is 11.5 Å². The van der Waals surface area contributed by atoms with E-state index < -0.39 is 18.7 Å². The fraction of sp³-hybridized carbons (Fsp3) is 0.556. The molecule has 1 aromatic rings. The van der Waals surface area contributed by atoms with Crippen molar-refractivity contribution >= 4 is 22.3 Å². The number of aromatic nitrogens is 1. The largest absolute Gasteiger partial charge is 0.461 e. The third-order valence-corrected chi connectivity index (χ3v) is 2.58. The van der Waals surface area contributed by atoms with Crippen LogP contribution < -0.4 is 5.32 Å². The first-order valence-electron chi connectivity index (χ1n) is 4.78. The SMILES string of the molecule is CCOC(=O)c1nc(C)sc1NCC(F)(F)F. The summed E-state index contributed by atoms with van der Waals surface area (Å²) >= 11 is 0.986. The highest BCUT2D eigenvalue weighted by atomic mass is 32.1. The van der Waals surface area contributed by atoms with Crippen molar-refractivity contribution < 1.29 is 22.7 Å². The van der Waals surface area contributed by atoms with Crippen LogP contribution in [0.4, 0.5) is 18.2 Å². The Balaban J connectivity index is 2.81. The quantitative estimate of drug-likeness (QED) is 0.853. The molecular formula is C9H11F3N2O2S. The van der Waals surface area contributed by atoms with E-state index in [1.54, 1.807) is 13.8 Å². The van der Waals surface area contributed by atoms with Gasteiger partial charge < -0.3 is 10.1 Å². The number of nitrogens with one attached hydrogen (secondary N) is 1. The summed E-state index contributed by atoms with van der Waals surface area (Å²) in [6, 6.07) is 0. The third-order valence-electron chi connectivity index (χ3n) is 1.65. The van der Waals surface area contributed by atoms with Crippen molar-refractivity contribution in [2.24, 2.45) is 0 Å². The number of rotatable bonds is 4. The molecule has 0 spiro atoms. The van der Waals surface area contributed by atoms with Crippen LogP contribution in [0.15, 0.2) is 0 Å². The number of carbonyl (C=O) groups is 1. The number of hydrogen-bond acceptors (Lipinski definition) is 5. The second kappa shape index (κ2) is 5.35. The Morgan fingerprint density at radius 1 is 1.53 bits per heavy atom. The Kier molecular flexibility index (Phi) is 4.33. The minimum absolute atomic E-state index is 0.0817. The molecule has 0 amide bonds. The summed E-state index contributed by atoms with van der Waals surface area (Å²) in [6.07, 6.45) is -4.34. The van der Waals surface area contributed by atoms with Crippen LogP contribution in [0, 0.1) is 6.92 Å². The number of nitrogens with zero attached hydrogens (tertiary/aromatic N) is 1. The molecule has 96 valence electrons. The Morgan fingerprint density at radius 2 is 2.18 bits per heavy atom. The summed E-state index contributed by atoms with van der Waals surface area (Å²) in [5, 5.41) is 2.72. The summed E-state index contributed by atoms with van der Waals surface area (Å²) in [5.41, 5.74) is -0.0985. The van der Waals surface area contributed by atoms with Gasteiger partial charge in [-0.25, -0.2) is 9.78 Å². The zero-order valence-corrected chi connectivity index (χ0v) is 10.0. The molecule has 0 fully saturated rings. The summed E-state index contributed by atoms with van der Waals surface area (Å²) in [5.74, 6) is -0.721. The summed E-state index contributed by atoms with van der Waals surface area (Å²) in [7, 11) is 0. The van der Waals surface area contributed by atoms with E-state index in [0.29, 0.717) is 5.01 Å². The topological polar surface area (TPSA) is 51.2 Å². The molecule has 8 heteroatoms. The van der Waals surface area contributed by atoms with Gasteiger partial charge in [-0.15, -0.1) is 11.3 Å². The van der Waals surface area contributed by atoms with Crippen LogP contribution in [0.1, 0.15) is 22.4 Å². The van der Waals surface area contributed by atoms with Gasteiger partial charge >= 0.3 is 12.1 Å². The van der Waals surface area contributed by atoms with Gasteiger partial charge in [-0.05, 0) is 13.8 Å². The van der Waals surface area contributed by atoms with Crippen LogP contribution in [-0.4, -0.2) is 30.3 Å². The highest BCUT2D eigenvalue weighted by Crippen LogP contribution is 2.26. The lowest BCUT2D eigenvalue weighted by Crippen LogP contribution is -2.22. The molecular weight excluding hydrogens is 257 g/mol. The number of esters is 1. The van der Waals surface area contributed by atoms with E-state index in [-0.39, 0.29) is 17.3 Å². The zero-order chi connectivity index (χ0) is 13.1. The number of ether oxygens (including phenoxy) is 1. The van der Waals surface area contributed by atoms with Gasteiger partial charge in [0, 0.05) is 0 Å². The second-order valence-corrected chi connectivity index (χ2v) is 4.30. The van der Waals surface area contributed by atoms with Gasteiger partial charge in [0.2, 0.25) is 0 Å². The van der Waals surface area contributed by atoms with Gasteiger partial charge in [0.15, 0.2) is 5.69 Å². The van der Waals surface area contributed by atoms with Crippen molar-refractivity contribution in [3.63, 3.8) is 0 Å². The minimum Gasteiger partial charge on any atom is -0.461 e. The smallest absolute Gasteiger partial charge is 0.405 e. The normalized spacial score (nSPS) is 11.4. The molecule has 0 unspecified atom stereocenters. The molecule has 0 atom stereocenters. The fourth-order valence-corrected chi connectivity index (χ4v) is 1.87. The molecule has 17 heavy (non-hydrogen) atoms. The first kappa shape index (κ1) is 13.8. The molecule has 0 bridgehead atoms. The maximum absolute atomic E-state index is 12.0. The van der Waals surface area contributed by atoms with E-state index in [4.69, 9.17) is 4.74 Å². The Morgan fingerprint density at radius 3 is 2.71 bits per heavy atom. The number of halogens is 3. The van der Waals surface area contributed by atoms with Crippen LogP contribution in [0.2, 0.25) is 0 Å². The molecule has 0 saturated carbocycles. The lowest BCUT2D eigenvalue weighted by atomic mass is 10.4. The number of aryl methyl sites for hydroxylation is 1. The van der Waals surface area contributed by atoms with E-state index in [1.807, 2.05) is 0 Å². The van der Waals surface area contributed by atoms with E-state index in [1.165, 1.54) is 0 Å². The van der Waals surface area contributed by atoms with E-state index in [2.05, 4.69) is 10.3 Å². The number of carbonyl (C=O) groups excluding carboxylic acids is 1. The molecule has 1 N–H and O–H groups in total. The van der Waals surface area contributed by atoms with Crippen LogP contribution in [0.5, 0.6) is 0 Å². The lowest BCUT2D eigenvalue weighted by molar-refractivity contribution is -0.115. The third kappa shape index (κ3) is 4.22.